The molecular formula is C25H28N4OS2. The zero-order chi connectivity index (χ0) is 22.2. The number of benzene rings is 1. The van der Waals surface area contributed by atoms with Crippen molar-refractivity contribution in [2.24, 2.45) is 18.0 Å². The number of para-hydroxylation sites is 1. The van der Waals surface area contributed by atoms with E-state index in [0.717, 1.165) is 22.6 Å². The Labute approximate surface area is 195 Å². The maximum absolute atomic E-state index is 13.4. The first-order valence-electron chi connectivity index (χ1n) is 11.2. The smallest absolute Gasteiger partial charge is 0.297 e. The molecule has 3 heterocycles. The van der Waals surface area contributed by atoms with Crippen molar-refractivity contribution in [2.75, 3.05) is 0 Å². The lowest BCUT2D eigenvalue weighted by atomic mass is 9.85. The van der Waals surface area contributed by atoms with Gasteiger partial charge >= 0.3 is 0 Å². The zero-order valence-corrected chi connectivity index (χ0v) is 20.3. The number of hydrogen-bond acceptors (Lipinski definition) is 4. The van der Waals surface area contributed by atoms with E-state index in [9.17, 15) is 4.79 Å². The third-order valence-corrected chi connectivity index (χ3v) is 8.38. The number of rotatable bonds is 4. The second-order valence-electron chi connectivity index (χ2n) is 8.60. The molecule has 5 nitrogen and oxygen atoms in total. The van der Waals surface area contributed by atoms with Crippen molar-refractivity contribution in [3.05, 3.63) is 74.1 Å². The standard InChI is InChI=1S/C25H28N4OS2/c1-17-10-7-8-13-20(17)28-21(22-14-9-15-31-22)16-32-25(28)26-23-18(2)27(3)29(24(23)30)19-11-5-4-6-12-19/h4-6,9,11-12,14-17,20H,7-8,10,13H2,1-3H3. The lowest BCUT2D eigenvalue weighted by Crippen LogP contribution is -2.29. The highest BCUT2D eigenvalue weighted by atomic mass is 32.1. The molecule has 0 saturated heterocycles. The second-order valence-corrected chi connectivity index (χ2v) is 10.4. The van der Waals surface area contributed by atoms with Gasteiger partial charge in [-0.15, -0.1) is 22.7 Å². The predicted octanol–water partition coefficient (Wildman–Crippen LogP) is 6.06. The van der Waals surface area contributed by atoms with Crippen LogP contribution in [0.15, 0.2) is 63.0 Å². The summed E-state index contributed by atoms with van der Waals surface area (Å²) in [5, 5.41) is 4.33. The van der Waals surface area contributed by atoms with Crippen molar-refractivity contribution >= 4 is 28.4 Å². The van der Waals surface area contributed by atoms with Gasteiger partial charge in [0.15, 0.2) is 10.5 Å². The van der Waals surface area contributed by atoms with Gasteiger partial charge in [0.05, 0.1) is 22.0 Å². The number of aromatic nitrogens is 3. The Morgan fingerprint density at radius 2 is 1.81 bits per heavy atom. The molecule has 1 aliphatic rings. The van der Waals surface area contributed by atoms with Crippen LogP contribution in [0.5, 0.6) is 0 Å². The van der Waals surface area contributed by atoms with Gasteiger partial charge in [0, 0.05) is 18.5 Å². The van der Waals surface area contributed by atoms with Crippen molar-refractivity contribution in [1.29, 1.82) is 0 Å². The fourth-order valence-electron chi connectivity index (χ4n) is 4.79. The molecule has 2 atom stereocenters. The highest BCUT2D eigenvalue weighted by Crippen LogP contribution is 2.37. The van der Waals surface area contributed by atoms with Gasteiger partial charge in [0.1, 0.15) is 0 Å². The van der Waals surface area contributed by atoms with Crippen molar-refractivity contribution in [3.8, 4) is 16.3 Å². The minimum Gasteiger partial charge on any atom is -0.312 e. The molecule has 1 aliphatic carbocycles. The van der Waals surface area contributed by atoms with Crippen LogP contribution in [0.1, 0.15) is 44.3 Å². The lowest BCUT2D eigenvalue weighted by Gasteiger charge is -2.31. The molecule has 0 N–H and O–H groups in total. The molecule has 1 aromatic carbocycles. The van der Waals surface area contributed by atoms with Crippen LogP contribution in [0.4, 0.5) is 5.69 Å². The van der Waals surface area contributed by atoms with E-state index in [4.69, 9.17) is 4.99 Å². The molecule has 0 radical (unpaired) electrons. The van der Waals surface area contributed by atoms with Crippen LogP contribution in [0, 0.1) is 12.8 Å². The first-order valence-corrected chi connectivity index (χ1v) is 12.9. The Balaban J connectivity index is 1.71. The fraction of sp³-hybridized carbons (Fsp3) is 0.360. The quantitative estimate of drug-likeness (QED) is 0.362. The molecule has 2 unspecified atom stereocenters. The third kappa shape index (κ3) is 3.63. The molecule has 1 saturated carbocycles. The van der Waals surface area contributed by atoms with Gasteiger partial charge in [-0.3, -0.25) is 9.48 Å². The molecule has 32 heavy (non-hydrogen) atoms. The average Bonchev–Trinajstić information content (AvgIpc) is 3.52. The van der Waals surface area contributed by atoms with Crippen LogP contribution < -0.4 is 10.4 Å². The summed E-state index contributed by atoms with van der Waals surface area (Å²) < 4.78 is 6.02. The van der Waals surface area contributed by atoms with E-state index >= 15 is 0 Å². The monoisotopic (exact) mass is 464 g/mol. The lowest BCUT2D eigenvalue weighted by molar-refractivity contribution is 0.256. The Hall–Kier alpha value is -2.64. The topological polar surface area (TPSA) is 44.2 Å². The number of nitrogens with zero attached hydrogens (tertiary/aromatic N) is 4. The summed E-state index contributed by atoms with van der Waals surface area (Å²) in [7, 11) is 1.92. The molecule has 7 heteroatoms. The molecule has 0 amide bonds. The van der Waals surface area contributed by atoms with Gasteiger partial charge in [0.2, 0.25) is 0 Å². The van der Waals surface area contributed by atoms with Gasteiger partial charge in [-0.25, -0.2) is 9.67 Å². The third-order valence-electron chi connectivity index (χ3n) is 6.64. The summed E-state index contributed by atoms with van der Waals surface area (Å²) in [5.41, 5.74) is 3.38. The minimum atomic E-state index is -0.0782. The van der Waals surface area contributed by atoms with E-state index in [0.29, 0.717) is 17.6 Å². The van der Waals surface area contributed by atoms with E-state index in [1.165, 1.54) is 29.8 Å². The molecule has 0 spiro atoms. The molecular weight excluding hydrogens is 436 g/mol. The summed E-state index contributed by atoms with van der Waals surface area (Å²) in [6.07, 6.45) is 4.93. The van der Waals surface area contributed by atoms with Gasteiger partial charge in [-0.2, -0.15) is 0 Å². The van der Waals surface area contributed by atoms with Crippen LogP contribution in [0.25, 0.3) is 16.3 Å². The molecule has 3 aromatic heterocycles. The van der Waals surface area contributed by atoms with E-state index in [1.54, 1.807) is 27.4 Å². The van der Waals surface area contributed by atoms with Gasteiger partial charge < -0.3 is 4.57 Å². The fourth-order valence-corrected chi connectivity index (χ4v) is 6.55. The van der Waals surface area contributed by atoms with Crippen molar-refractivity contribution in [3.63, 3.8) is 0 Å². The van der Waals surface area contributed by atoms with Crippen LogP contribution in [-0.4, -0.2) is 13.9 Å². The van der Waals surface area contributed by atoms with E-state index < -0.39 is 0 Å². The van der Waals surface area contributed by atoms with Crippen LogP contribution in [0.2, 0.25) is 0 Å². The maximum Gasteiger partial charge on any atom is 0.297 e. The highest BCUT2D eigenvalue weighted by Gasteiger charge is 2.27. The summed E-state index contributed by atoms with van der Waals surface area (Å²) in [5.74, 6) is 0.592. The highest BCUT2D eigenvalue weighted by molar-refractivity contribution is 7.14. The molecule has 5 rings (SSSR count). The van der Waals surface area contributed by atoms with E-state index in [-0.39, 0.29) is 5.56 Å². The Bertz CT molecular complexity index is 1340. The molecule has 0 aliphatic heterocycles. The van der Waals surface area contributed by atoms with E-state index in [2.05, 4.69) is 34.4 Å². The first kappa shape index (κ1) is 21.2. The summed E-state index contributed by atoms with van der Waals surface area (Å²) in [6.45, 7) is 4.33. The average molecular weight is 465 g/mol. The Morgan fingerprint density at radius 1 is 1.03 bits per heavy atom. The largest absolute Gasteiger partial charge is 0.312 e. The summed E-state index contributed by atoms with van der Waals surface area (Å²) in [4.78, 5) is 20.6. The van der Waals surface area contributed by atoms with Crippen molar-refractivity contribution in [2.45, 2.75) is 45.6 Å². The minimum absolute atomic E-state index is 0.0782. The maximum atomic E-state index is 13.4. The molecule has 166 valence electrons. The van der Waals surface area contributed by atoms with Crippen LogP contribution in [-0.2, 0) is 7.05 Å². The summed E-state index contributed by atoms with van der Waals surface area (Å²) >= 11 is 3.40. The normalized spacial score (nSPS) is 19.5. The van der Waals surface area contributed by atoms with E-state index in [1.807, 2.05) is 49.0 Å². The second kappa shape index (κ2) is 8.71. The predicted molar refractivity (Wildman–Crippen MR) is 133 cm³/mol. The van der Waals surface area contributed by atoms with Gasteiger partial charge in [-0.05, 0) is 49.3 Å². The van der Waals surface area contributed by atoms with Gasteiger partial charge in [-0.1, -0.05) is 44.0 Å². The van der Waals surface area contributed by atoms with Crippen LogP contribution in [0.3, 0.4) is 0 Å². The van der Waals surface area contributed by atoms with Crippen molar-refractivity contribution in [1.82, 2.24) is 13.9 Å². The molecule has 0 bridgehead atoms. The Morgan fingerprint density at radius 3 is 2.53 bits per heavy atom. The van der Waals surface area contributed by atoms with Crippen molar-refractivity contribution < 1.29 is 0 Å². The SMILES string of the molecule is Cc1c(N=c2scc(-c3cccs3)n2C2CCCCC2C)c(=O)n(-c2ccccc2)n1C. The van der Waals surface area contributed by atoms with Crippen LogP contribution >= 0.6 is 22.7 Å². The summed E-state index contributed by atoms with van der Waals surface area (Å²) in [6, 6.07) is 14.5. The zero-order valence-electron chi connectivity index (χ0n) is 18.7. The molecule has 4 aromatic rings. The van der Waals surface area contributed by atoms with Gasteiger partial charge in [0.25, 0.3) is 5.56 Å². The number of hydrogen-bond donors (Lipinski definition) is 0. The number of thiophene rings is 1. The molecule has 1 fully saturated rings. The Kier molecular flexibility index (Phi) is 5.78. The first-order chi connectivity index (χ1) is 15.6. The number of thiazole rings is 1.